The highest BCUT2D eigenvalue weighted by molar-refractivity contribution is 7.80. The van der Waals surface area contributed by atoms with Crippen molar-refractivity contribution in [3.63, 3.8) is 0 Å². The van der Waals surface area contributed by atoms with Gasteiger partial charge in [0, 0.05) is 32.6 Å². The van der Waals surface area contributed by atoms with E-state index in [1.54, 1.807) is 7.11 Å². The summed E-state index contributed by atoms with van der Waals surface area (Å²) in [4.78, 5) is 2.26. The van der Waals surface area contributed by atoms with Gasteiger partial charge in [-0.25, -0.2) is 0 Å². The second-order valence-corrected chi connectivity index (χ2v) is 3.13. The van der Waals surface area contributed by atoms with Gasteiger partial charge >= 0.3 is 0 Å². The first kappa shape index (κ1) is 12.0. The lowest BCUT2D eigenvalue weighted by Crippen LogP contribution is -2.20. The first-order valence-electron chi connectivity index (χ1n) is 4.24. The van der Waals surface area contributed by atoms with Gasteiger partial charge in [-0.2, -0.15) is 12.6 Å². The number of hydrogen-bond donors (Lipinski definition) is 1. The minimum atomic E-state index is 0.825. The average Bonchev–Trinajstić information content (AvgIpc) is 2.06. The molecule has 2 nitrogen and oxygen atoms in total. The van der Waals surface area contributed by atoms with E-state index in [-0.39, 0.29) is 0 Å². The van der Waals surface area contributed by atoms with Gasteiger partial charge in [-0.1, -0.05) is 12.2 Å². The Morgan fingerprint density at radius 3 is 2.75 bits per heavy atom. The highest BCUT2D eigenvalue weighted by Crippen LogP contribution is 1.89. The maximum absolute atomic E-state index is 4.96. The first-order valence-corrected chi connectivity index (χ1v) is 4.88. The van der Waals surface area contributed by atoms with Gasteiger partial charge in [0.1, 0.15) is 0 Å². The van der Waals surface area contributed by atoms with Crippen LogP contribution in [0.1, 0.15) is 6.42 Å². The molecule has 0 aromatic heterocycles. The van der Waals surface area contributed by atoms with Gasteiger partial charge < -0.3 is 9.64 Å². The van der Waals surface area contributed by atoms with E-state index in [1.165, 1.54) is 0 Å². The molecule has 0 saturated heterocycles. The van der Waals surface area contributed by atoms with Crippen LogP contribution in [0.25, 0.3) is 0 Å². The zero-order chi connectivity index (χ0) is 9.23. The van der Waals surface area contributed by atoms with Gasteiger partial charge in [-0.15, -0.1) is 0 Å². The molecule has 0 fully saturated rings. The molecule has 0 heterocycles. The Labute approximate surface area is 81.0 Å². The molecule has 0 rings (SSSR count). The van der Waals surface area contributed by atoms with Crippen molar-refractivity contribution < 1.29 is 4.74 Å². The van der Waals surface area contributed by atoms with Crippen LogP contribution in [0.4, 0.5) is 0 Å². The van der Waals surface area contributed by atoms with Crippen molar-refractivity contribution in [3.8, 4) is 0 Å². The average molecular weight is 189 g/mol. The smallest absolute Gasteiger partial charge is 0.0474 e. The zero-order valence-corrected chi connectivity index (χ0v) is 8.89. The van der Waals surface area contributed by atoms with Gasteiger partial charge in [0.25, 0.3) is 0 Å². The fourth-order valence-electron chi connectivity index (χ4n) is 0.899. The topological polar surface area (TPSA) is 12.5 Å². The molecule has 0 unspecified atom stereocenters. The fraction of sp³-hybridized carbons (Fsp3) is 0.778. The Morgan fingerprint density at radius 1 is 1.42 bits per heavy atom. The van der Waals surface area contributed by atoms with Crippen molar-refractivity contribution in [2.24, 2.45) is 0 Å². The van der Waals surface area contributed by atoms with Gasteiger partial charge in [0.05, 0.1) is 0 Å². The second-order valence-electron chi connectivity index (χ2n) is 2.76. The highest BCUT2D eigenvalue weighted by Gasteiger charge is 1.93. The van der Waals surface area contributed by atoms with E-state index in [1.807, 2.05) is 0 Å². The lowest BCUT2D eigenvalue weighted by Gasteiger charge is -2.13. The van der Waals surface area contributed by atoms with E-state index in [4.69, 9.17) is 4.74 Å². The summed E-state index contributed by atoms with van der Waals surface area (Å²) in [6.07, 6.45) is 5.30. The van der Waals surface area contributed by atoms with E-state index < -0.39 is 0 Å². The van der Waals surface area contributed by atoms with Crippen molar-refractivity contribution in [1.82, 2.24) is 4.90 Å². The molecule has 0 bridgehead atoms. The van der Waals surface area contributed by atoms with Crippen LogP contribution in [0.5, 0.6) is 0 Å². The number of rotatable bonds is 7. The molecule has 0 saturated carbocycles. The van der Waals surface area contributed by atoms with Gasteiger partial charge in [-0.3, -0.25) is 0 Å². The van der Waals surface area contributed by atoms with Crippen LogP contribution >= 0.6 is 12.6 Å². The quantitative estimate of drug-likeness (QED) is 0.370. The number of methoxy groups -OCH3 is 1. The third-order valence-electron chi connectivity index (χ3n) is 1.58. The third kappa shape index (κ3) is 8.11. The van der Waals surface area contributed by atoms with E-state index >= 15 is 0 Å². The lowest BCUT2D eigenvalue weighted by molar-refractivity contribution is 0.182. The molecule has 0 amide bonds. The maximum Gasteiger partial charge on any atom is 0.0474 e. The van der Waals surface area contributed by atoms with Crippen molar-refractivity contribution in [2.75, 3.05) is 39.6 Å². The SMILES string of the molecule is COCCCN(C)CC=CCS. The summed E-state index contributed by atoms with van der Waals surface area (Å²) in [6, 6.07) is 0. The summed E-state index contributed by atoms with van der Waals surface area (Å²) in [5.41, 5.74) is 0. The molecule has 0 aromatic carbocycles. The van der Waals surface area contributed by atoms with E-state index in [2.05, 4.69) is 36.7 Å². The Hall–Kier alpha value is 0.01000. The Morgan fingerprint density at radius 2 is 2.17 bits per heavy atom. The molecular formula is C9H19NOS. The normalized spacial score (nSPS) is 11.7. The van der Waals surface area contributed by atoms with E-state index in [0.717, 1.165) is 31.9 Å². The van der Waals surface area contributed by atoms with Crippen LogP contribution in [-0.2, 0) is 4.74 Å². The summed E-state index contributed by atoms with van der Waals surface area (Å²) in [6.45, 7) is 2.94. The predicted octanol–water partition coefficient (Wildman–Crippen LogP) is 1.44. The van der Waals surface area contributed by atoms with E-state index in [9.17, 15) is 0 Å². The number of likely N-dealkylation sites (N-methyl/N-ethyl adjacent to an activating group) is 1. The molecule has 0 radical (unpaired) electrons. The van der Waals surface area contributed by atoms with Gasteiger partial charge in [0.15, 0.2) is 0 Å². The largest absolute Gasteiger partial charge is 0.385 e. The van der Waals surface area contributed by atoms with Crippen LogP contribution in [0.2, 0.25) is 0 Å². The number of thiol groups is 1. The van der Waals surface area contributed by atoms with Crippen LogP contribution in [-0.4, -0.2) is 44.5 Å². The second kappa shape index (κ2) is 9.10. The molecule has 0 aliphatic carbocycles. The Balaban J connectivity index is 3.21. The monoisotopic (exact) mass is 189 g/mol. The number of nitrogens with zero attached hydrogens (tertiary/aromatic N) is 1. The Bertz CT molecular complexity index is 117. The van der Waals surface area contributed by atoms with Crippen molar-refractivity contribution in [2.45, 2.75) is 6.42 Å². The third-order valence-corrected chi connectivity index (χ3v) is 1.79. The van der Waals surface area contributed by atoms with Crippen molar-refractivity contribution in [1.29, 1.82) is 0 Å². The van der Waals surface area contributed by atoms with Gasteiger partial charge in [0.2, 0.25) is 0 Å². The van der Waals surface area contributed by atoms with Crippen molar-refractivity contribution in [3.05, 3.63) is 12.2 Å². The minimum Gasteiger partial charge on any atom is -0.385 e. The molecule has 12 heavy (non-hydrogen) atoms. The van der Waals surface area contributed by atoms with Crippen LogP contribution in [0.15, 0.2) is 12.2 Å². The number of hydrogen-bond acceptors (Lipinski definition) is 3. The molecule has 0 aromatic rings. The molecule has 0 aliphatic rings. The van der Waals surface area contributed by atoms with Crippen LogP contribution in [0.3, 0.4) is 0 Å². The maximum atomic E-state index is 4.96. The van der Waals surface area contributed by atoms with Crippen LogP contribution in [0, 0.1) is 0 Å². The molecule has 0 spiro atoms. The highest BCUT2D eigenvalue weighted by atomic mass is 32.1. The molecular weight excluding hydrogens is 170 g/mol. The standard InChI is InChI=1S/C9H19NOS/c1-10(6-3-4-9-12)7-5-8-11-2/h3-4,12H,5-9H2,1-2H3. The van der Waals surface area contributed by atoms with Crippen LogP contribution < -0.4 is 0 Å². The summed E-state index contributed by atoms with van der Waals surface area (Å²) in [5.74, 6) is 0.825. The summed E-state index contributed by atoms with van der Waals surface area (Å²) in [7, 11) is 3.85. The summed E-state index contributed by atoms with van der Waals surface area (Å²) < 4.78 is 4.96. The summed E-state index contributed by atoms with van der Waals surface area (Å²) in [5, 5.41) is 0. The summed E-state index contributed by atoms with van der Waals surface area (Å²) >= 11 is 4.08. The molecule has 0 atom stereocenters. The Kier molecular flexibility index (Phi) is 9.11. The predicted molar refractivity (Wildman–Crippen MR) is 57.0 cm³/mol. The molecule has 0 N–H and O–H groups in total. The van der Waals surface area contributed by atoms with Crippen molar-refractivity contribution >= 4 is 12.6 Å². The minimum absolute atomic E-state index is 0.825. The molecule has 0 aliphatic heterocycles. The van der Waals surface area contributed by atoms with E-state index in [0.29, 0.717) is 0 Å². The number of ether oxygens (including phenoxy) is 1. The molecule has 3 heteroatoms. The lowest BCUT2D eigenvalue weighted by atomic mass is 10.4. The first-order chi connectivity index (χ1) is 5.81. The molecule has 72 valence electrons. The zero-order valence-electron chi connectivity index (χ0n) is 7.99. The fourth-order valence-corrected chi connectivity index (χ4v) is 1.05. The van der Waals surface area contributed by atoms with Gasteiger partial charge in [-0.05, 0) is 13.5 Å².